The van der Waals surface area contributed by atoms with E-state index in [-0.39, 0.29) is 5.97 Å². The Balaban J connectivity index is 1.98. The molecule has 0 saturated carbocycles. The quantitative estimate of drug-likeness (QED) is 0.441. The summed E-state index contributed by atoms with van der Waals surface area (Å²) in [5.74, 6) is 1.38. The van der Waals surface area contributed by atoms with Gasteiger partial charge in [-0.25, -0.2) is 4.79 Å². The molecule has 0 aromatic heterocycles. The second-order valence-corrected chi connectivity index (χ2v) is 6.91. The predicted molar refractivity (Wildman–Crippen MR) is 105 cm³/mol. The van der Waals surface area contributed by atoms with Crippen molar-refractivity contribution in [3.63, 3.8) is 0 Å². The third-order valence-electron chi connectivity index (χ3n) is 4.71. The SMILES string of the molecule is COc1ccc(C(=O)Oc2cc3c(C)ccc(C(C)C)c3cc2C)cc1. The molecule has 0 heterocycles. The summed E-state index contributed by atoms with van der Waals surface area (Å²) < 4.78 is 10.8. The average molecular weight is 348 g/mol. The predicted octanol–water partition coefficient (Wildman–Crippen LogP) is 5.81. The van der Waals surface area contributed by atoms with E-state index < -0.39 is 0 Å². The standard InChI is InChI=1S/C23H24O3/c1-14(2)19-11-6-15(3)20-13-22(16(4)12-21(19)20)26-23(24)17-7-9-18(25-5)10-8-17/h6-14H,1-5H3. The molecule has 0 bridgehead atoms. The first kappa shape index (κ1) is 18.0. The van der Waals surface area contributed by atoms with Crippen LogP contribution in [0.1, 0.15) is 46.8 Å². The fourth-order valence-corrected chi connectivity index (χ4v) is 3.15. The summed E-state index contributed by atoms with van der Waals surface area (Å²) >= 11 is 0. The van der Waals surface area contributed by atoms with Gasteiger partial charge < -0.3 is 9.47 Å². The molecule has 0 spiro atoms. The Hall–Kier alpha value is -2.81. The Kier molecular flexibility index (Phi) is 4.99. The van der Waals surface area contributed by atoms with Crippen molar-refractivity contribution in [2.75, 3.05) is 7.11 Å². The molecule has 3 nitrogen and oxygen atoms in total. The highest BCUT2D eigenvalue weighted by atomic mass is 16.5. The number of methoxy groups -OCH3 is 1. The van der Waals surface area contributed by atoms with E-state index in [1.54, 1.807) is 31.4 Å². The number of benzene rings is 3. The van der Waals surface area contributed by atoms with Crippen LogP contribution >= 0.6 is 0 Å². The summed E-state index contributed by atoms with van der Waals surface area (Å²) in [5, 5.41) is 2.35. The van der Waals surface area contributed by atoms with Crippen molar-refractivity contribution in [3.8, 4) is 11.5 Å². The van der Waals surface area contributed by atoms with Gasteiger partial charge in [-0.1, -0.05) is 26.0 Å². The van der Waals surface area contributed by atoms with Gasteiger partial charge in [-0.05, 0) is 83.6 Å². The van der Waals surface area contributed by atoms with Crippen LogP contribution in [0.4, 0.5) is 0 Å². The largest absolute Gasteiger partial charge is 0.497 e. The molecule has 26 heavy (non-hydrogen) atoms. The lowest BCUT2D eigenvalue weighted by atomic mass is 9.92. The number of aryl methyl sites for hydroxylation is 2. The summed E-state index contributed by atoms with van der Waals surface area (Å²) in [7, 11) is 1.60. The number of rotatable bonds is 4. The number of hydrogen-bond donors (Lipinski definition) is 0. The topological polar surface area (TPSA) is 35.5 Å². The van der Waals surface area contributed by atoms with E-state index in [9.17, 15) is 4.79 Å². The van der Waals surface area contributed by atoms with E-state index in [1.807, 2.05) is 13.0 Å². The van der Waals surface area contributed by atoms with E-state index >= 15 is 0 Å². The minimum Gasteiger partial charge on any atom is -0.497 e. The van der Waals surface area contributed by atoms with Crippen LogP contribution in [0.15, 0.2) is 48.5 Å². The number of carbonyl (C=O) groups is 1. The van der Waals surface area contributed by atoms with Gasteiger partial charge in [-0.2, -0.15) is 0 Å². The Morgan fingerprint density at radius 2 is 1.58 bits per heavy atom. The van der Waals surface area contributed by atoms with Crippen molar-refractivity contribution in [3.05, 3.63) is 70.8 Å². The summed E-state index contributed by atoms with van der Waals surface area (Å²) in [5.41, 5.74) is 3.93. The second-order valence-electron chi connectivity index (χ2n) is 6.91. The zero-order valence-electron chi connectivity index (χ0n) is 15.9. The van der Waals surface area contributed by atoms with Crippen LogP contribution in [0.5, 0.6) is 11.5 Å². The van der Waals surface area contributed by atoms with Gasteiger partial charge in [-0.15, -0.1) is 0 Å². The van der Waals surface area contributed by atoms with Crippen molar-refractivity contribution < 1.29 is 14.3 Å². The minimum absolute atomic E-state index is 0.368. The molecule has 0 unspecified atom stereocenters. The zero-order valence-corrected chi connectivity index (χ0v) is 15.9. The molecule has 0 atom stereocenters. The first-order valence-corrected chi connectivity index (χ1v) is 8.80. The van der Waals surface area contributed by atoms with Crippen molar-refractivity contribution >= 4 is 16.7 Å². The first-order chi connectivity index (χ1) is 12.4. The molecule has 3 aromatic rings. The van der Waals surface area contributed by atoms with E-state index in [4.69, 9.17) is 9.47 Å². The van der Waals surface area contributed by atoms with E-state index in [1.165, 1.54) is 16.5 Å². The molecule has 0 aliphatic heterocycles. The smallest absolute Gasteiger partial charge is 0.343 e. The van der Waals surface area contributed by atoms with Crippen LogP contribution in [-0.4, -0.2) is 13.1 Å². The van der Waals surface area contributed by atoms with Gasteiger partial charge >= 0.3 is 5.97 Å². The summed E-state index contributed by atoms with van der Waals surface area (Å²) in [6.45, 7) is 8.44. The van der Waals surface area contributed by atoms with Crippen molar-refractivity contribution in [1.82, 2.24) is 0 Å². The molecular formula is C23H24O3. The van der Waals surface area contributed by atoms with Gasteiger partial charge in [0, 0.05) is 0 Å². The maximum atomic E-state index is 12.5. The molecule has 0 N–H and O–H groups in total. The van der Waals surface area contributed by atoms with Gasteiger partial charge in [0.2, 0.25) is 0 Å². The highest BCUT2D eigenvalue weighted by molar-refractivity contribution is 5.94. The fraction of sp³-hybridized carbons (Fsp3) is 0.261. The van der Waals surface area contributed by atoms with Gasteiger partial charge in [0.05, 0.1) is 12.7 Å². The monoisotopic (exact) mass is 348 g/mol. The van der Waals surface area contributed by atoms with Crippen LogP contribution < -0.4 is 9.47 Å². The summed E-state index contributed by atoms with van der Waals surface area (Å²) in [4.78, 5) is 12.5. The minimum atomic E-state index is -0.368. The third kappa shape index (κ3) is 3.43. The maximum absolute atomic E-state index is 12.5. The highest BCUT2D eigenvalue weighted by Crippen LogP contribution is 2.33. The van der Waals surface area contributed by atoms with Crippen LogP contribution in [0.2, 0.25) is 0 Å². The van der Waals surface area contributed by atoms with Gasteiger partial charge in [0.1, 0.15) is 11.5 Å². The first-order valence-electron chi connectivity index (χ1n) is 8.80. The van der Waals surface area contributed by atoms with Gasteiger partial charge in [-0.3, -0.25) is 0 Å². The molecule has 3 rings (SSSR count). The van der Waals surface area contributed by atoms with Crippen LogP contribution in [-0.2, 0) is 0 Å². The summed E-state index contributed by atoms with van der Waals surface area (Å²) in [6.07, 6.45) is 0. The van der Waals surface area contributed by atoms with Crippen LogP contribution in [0.25, 0.3) is 10.8 Å². The fourth-order valence-electron chi connectivity index (χ4n) is 3.15. The lowest BCUT2D eigenvalue weighted by Gasteiger charge is -2.15. The number of hydrogen-bond acceptors (Lipinski definition) is 3. The number of fused-ring (bicyclic) bond motifs is 1. The number of esters is 1. The van der Waals surface area contributed by atoms with Gasteiger partial charge in [0.15, 0.2) is 0 Å². The number of carbonyl (C=O) groups excluding carboxylic acids is 1. The van der Waals surface area contributed by atoms with Gasteiger partial charge in [0.25, 0.3) is 0 Å². The Labute approximate surface area is 154 Å². The maximum Gasteiger partial charge on any atom is 0.343 e. The number of ether oxygens (including phenoxy) is 2. The molecule has 134 valence electrons. The molecule has 0 fully saturated rings. The molecule has 0 aliphatic carbocycles. The second kappa shape index (κ2) is 7.20. The molecule has 0 saturated heterocycles. The molecule has 0 aliphatic rings. The van der Waals surface area contributed by atoms with Crippen LogP contribution in [0.3, 0.4) is 0 Å². The third-order valence-corrected chi connectivity index (χ3v) is 4.71. The zero-order chi connectivity index (χ0) is 18.8. The molecule has 0 radical (unpaired) electrons. The average Bonchev–Trinajstić information content (AvgIpc) is 2.63. The summed E-state index contributed by atoms with van der Waals surface area (Å²) in [6, 6.07) is 15.3. The Morgan fingerprint density at radius 3 is 2.19 bits per heavy atom. The highest BCUT2D eigenvalue weighted by Gasteiger charge is 2.14. The Bertz CT molecular complexity index is 953. The van der Waals surface area contributed by atoms with E-state index in [2.05, 4.69) is 39.0 Å². The van der Waals surface area contributed by atoms with Crippen molar-refractivity contribution in [2.45, 2.75) is 33.6 Å². The van der Waals surface area contributed by atoms with Crippen molar-refractivity contribution in [1.29, 1.82) is 0 Å². The molecule has 0 amide bonds. The Morgan fingerprint density at radius 1 is 0.885 bits per heavy atom. The van der Waals surface area contributed by atoms with E-state index in [0.717, 1.165) is 10.9 Å². The molecule has 3 heteroatoms. The van der Waals surface area contributed by atoms with Crippen molar-refractivity contribution in [2.24, 2.45) is 0 Å². The van der Waals surface area contributed by atoms with E-state index in [0.29, 0.717) is 23.0 Å². The normalized spacial score (nSPS) is 11.0. The lowest BCUT2D eigenvalue weighted by Crippen LogP contribution is -2.09. The molecule has 3 aromatic carbocycles. The van der Waals surface area contributed by atoms with Crippen LogP contribution in [0, 0.1) is 13.8 Å². The lowest BCUT2D eigenvalue weighted by molar-refractivity contribution is 0.0733. The molecular weight excluding hydrogens is 324 g/mol.